The van der Waals surface area contributed by atoms with Gasteiger partial charge in [-0.1, -0.05) is 29.3 Å². The van der Waals surface area contributed by atoms with Gasteiger partial charge in [0, 0.05) is 35.9 Å². The molecule has 1 fully saturated rings. The van der Waals surface area contributed by atoms with E-state index >= 15 is 0 Å². The van der Waals surface area contributed by atoms with E-state index in [9.17, 15) is 14.4 Å². The molecule has 6 nitrogen and oxygen atoms in total. The van der Waals surface area contributed by atoms with Crippen molar-refractivity contribution in [2.45, 2.75) is 25.7 Å². The number of nitrogens with one attached hydrogen (secondary N) is 1. The molecule has 0 spiro atoms. The van der Waals surface area contributed by atoms with Crippen LogP contribution < -0.4 is 5.32 Å². The molecule has 0 aliphatic carbocycles. The summed E-state index contributed by atoms with van der Waals surface area (Å²) in [4.78, 5) is 35.8. The highest BCUT2D eigenvalue weighted by Crippen LogP contribution is 2.25. The summed E-state index contributed by atoms with van der Waals surface area (Å²) in [6.07, 6.45) is 1.30. The average Bonchev–Trinajstić information content (AvgIpc) is 2.89. The van der Waals surface area contributed by atoms with Gasteiger partial charge in [-0.3, -0.25) is 19.3 Å². The van der Waals surface area contributed by atoms with Crippen LogP contribution in [0.5, 0.6) is 0 Å². The number of rotatable bonds is 9. The SMILES string of the molecule is O=C(CCc1c(Cl)cccc1Cl)NCCOCCN1C(=O)CCC1=O. The topological polar surface area (TPSA) is 75.7 Å². The fourth-order valence-corrected chi connectivity index (χ4v) is 3.08. The number of amides is 3. The van der Waals surface area contributed by atoms with Crippen molar-refractivity contribution < 1.29 is 19.1 Å². The van der Waals surface area contributed by atoms with Crippen LogP contribution in [0.4, 0.5) is 0 Å². The number of benzene rings is 1. The number of nitrogens with zero attached hydrogens (tertiary/aromatic N) is 1. The Labute approximate surface area is 156 Å². The largest absolute Gasteiger partial charge is 0.378 e. The normalized spacial score (nSPS) is 14.2. The third kappa shape index (κ3) is 5.99. The monoisotopic (exact) mass is 386 g/mol. The van der Waals surface area contributed by atoms with Gasteiger partial charge < -0.3 is 10.1 Å². The number of hydrogen-bond donors (Lipinski definition) is 1. The van der Waals surface area contributed by atoms with E-state index in [1.807, 2.05) is 0 Å². The highest BCUT2D eigenvalue weighted by atomic mass is 35.5. The maximum atomic E-state index is 11.8. The Morgan fingerprint density at radius 3 is 2.40 bits per heavy atom. The smallest absolute Gasteiger partial charge is 0.229 e. The van der Waals surface area contributed by atoms with Gasteiger partial charge in [-0.05, 0) is 24.1 Å². The minimum Gasteiger partial charge on any atom is -0.378 e. The van der Waals surface area contributed by atoms with Crippen LogP contribution in [-0.4, -0.2) is 48.9 Å². The number of carbonyl (C=O) groups is 3. The molecule has 0 radical (unpaired) electrons. The van der Waals surface area contributed by atoms with Gasteiger partial charge in [-0.15, -0.1) is 0 Å². The summed E-state index contributed by atoms with van der Waals surface area (Å²) in [6, 6.07) is 5.24. The van der Waals surface area contributed by atoms with Crippen molar-refractivity contribution in [2.24, 2.45) is 0 Å². The summed E-state index contributed by atoms with van der Waals surface area (Å²) in [5.41, 5.74) is 0.761. The van der Waals surface area contributed by atoms with E-state index in [2.05, 4.69) is 5.32 Å². The zero-order valence-corrected chi connectivity index (χ0v) is 15.2. The van der Waals surface area contributed by atoms with Crippen LogP contribution in [0.3, 0.4) is 0 Å². The highest BCUT2D eigenvalue weighted by molar-refractivity contribution is 6.36. The number of imide groups is 1. The Morgan fingerprint density at radius 2 is 1.76 bits per heavy atom. The van der Waals surface area contributed by atoms with Crippen molar-refractivity contribution in [3.05, 3.63) is 33.8 Å². The van der Waals surface area contributed by atoms with Gasteiger partial charge in [0.1, 0.15) is 0 Å². The standard InChI is InChI=1S/C17H20Cl2N2O4/c18-13-2-1-3-14(19)12(13)4-5-15(22)20-8-10-25-11-9-21-16(23)6-7-17(21)24/h1-3H,4-11H2,(H,20,22). The molecule has 0 bridgehead atoms. The van der Waals surface area contributed by atoms with Gasteiger partial charge in [-0.2, -0.15) is 0 Å². The average molecular weight is 387 g/mol. The molecule has 0 saturated carbocycles. The first-order valence-electron chi connectivity index (χ1n) is 8.09. The second kappa shape index (κ2) is 9.75. The molecule has 8 heteroatoms. The molecule has 0 aromatic heterocycles. The molecular formula is C17H20Cl2N2O4. The third-order valence-corrected chi connectivity index (χ3v) is 4.55. The molecule has 1 saturated heterocycles. The van der Waals surface area contributed by atoms with Crippen LogP contribution in [-0.2, 0) is 25.5 Å². The van der Waals surface area contributed by atoms with Gasteiger partial charge in [0.2, 0.25) is 17.7 Å². The molecule has 1 aromatic carbocycles. The Morgan fingerprint density at radius 1 is 1.12 bits per heavy atom. The second-order valence-electron chi connectivity index (χ2n) is 5.60. The minimum atomic E-state index is -0.153. The molecule has 2 rings (SSSR count). The number of halogens is 2. The summed E-state index contributed by atoms with van der Waals surface area (Å²) < 4.78 is 5.34. The summed E-state index contributed by atoms with van der Waals surface area (Å²) in [7, 11) is 0. The van der Waals surface area contributed by atoms with Crippen molar-refractivity contribution in [1.29, 1.82) is 0 Å². The van der Waals surface area contributed by atoms with Gasteiger partial charge in [0.25, 0.3) is 0 Å². The van der Waals surface area contributed by atoms with Crippen LogP contribution in [0.1, 0.15) is 24.8 Å². The van der Waals surface area contributed by atoms with E-state index in [1.54, 1.807) is 18.2 Å². The zero-order valence-electron chi connectivity index (χ0n) is 13.7. The van der Waals surface area contributed by atoms with Crippen LogP contribution in [0.15, 0.2) is 18.2 Å². The Bertz CT molecular complexity index is 615. The van der Waals surface area contributed by atoms with Crippen molar-refractivity contribution in [3.8, 4) is 0 Å². The van der Waals surface area contributed by atoms with Crippen molar-refractivity contribution in [3.63, 3.8) is 0 Å². The van der Waals surface area contributed by atoms with Gasteiger partial charge in [0.15, 0.2) is 0 Å². The first-order valence-corrected chi connectivity index (χ1v) is 8.85. The molecule has 136 valence electrons. The molecule has 0 unspecified atom stereocenters. The quantitative estimate of drug-likeness (QED) is 0.521. The molecule has 25 heavy (non-hydrogen) atoms. The van der Waals surface area contributed by atoms with Gasteiger partial charge in [0.05, 0.1) is 19.8 Å². The molecule has 1 aliphatic rings. The third-order valence-electron chi connectivity index (χ3n) is 3.85. The number of ether oxygens (including phenoxy) is 1. The minimum absolute atomic E-state index is 0.121. The summed E-state index contributed by atoms with van der Waals surface area (Å²) in [6.45, 7) is 1.20. The lowest BCUT2D eigenvalue weighted by atomic mass is 10.1. The summed E-state index contributed by atoms with van der Waals surface area (Å²) >= 11 is 12.1. The van der Waals surface area contributed by atoms with Crippen LogP contribution in [0.2, 0.25) is 10.0 Å². The van der Waals surface area contributed by atoms with Crippen LogP contribution >= 0.6 is 23.2 Å². The predicted molar refractivity (Wildman–Crippen MR) is 94.6 cm³/mol. The van der Waals surface area contributed by atoms with E-state index in [0.717, 1.165) is 5.56 Å². The van der Waals surface area contributed by atoms with E-state index in [-0.39, 0.29) is 50.1 Å². The van der Waals surface area contributed by atoms with E-state index < -0.39 is 0 Å². The van der Waals surface area contributed by atoms with Crippen molar-refractivity contribution >= 4 is 40.9 Å². The summed E-state index contributed by atoms with van der Waals surface area (Å²) in [5, 5.41) is 3.84. The fraction of sp³-hybridized carbons (Fsp3) is 0.471. The lowest BCUT2D eigenvalue weighted by molar-refractivity contribution is -0.139. The van der Waals surface area contributed by atoms with E-state index in [4.69, 9.17) is 27.9 Å². The molecule has 3 amide bonds. The Balaban J connectivity index is 1.57. The zero-order chi connectivity index (χ0) is 18.2. The molecule has 1 heterocycles. The maximum absolute atomic E-state index is 11.8. The van der Waals surface area contributed by atoms with Crippen molar-refractivity contribution in [1.82, 2.24) is 10.2 Å². The lowest BCUT2D eigenvalue weighted by Gasteiger charge is -2.13. The second-order valence-corrected chi connectivity index (χ2v) is 6.42. The molecule has 1 aliphatic heterocycles. The molecule has 1 N–H and O–H groups in total. The van der Waals surface area contributed by atoms with Crippen LogP contribution in [0.25, 0.3) is 0 Å². The Hall–Kier alpha value is -1.63. The van der Waals surface area contributed by atoms with Crippen molar-refractivity contribution in [2.75, 3.05) is 26.3 Å². The van der Waals surface area contributed by atoms with Gasteiger partial charge >= 0.3 is 0 Å². The maximum Gasteiger partial charge on any atom is 0.229 e. The highest BCUT2D eigenvalue weighted by Gasteiger charge is 2.28. The lowest BCUT2D eigenvalue weighted by Crippen LogP contribution is -2.33. The predicted octanol–water partition coefficient (Wildman–Crippen LogP) is 2.21. The number of carbonyl (C=O) groups excluding carboxylic acids is 3. The first-order chi connectivity index (χ1) is 12.0. The fourth-order valence-electron chi connectivity index (χ4n) is 2.49. The summed E-state index contributed by atoms with van der Waals surface area (Å²) in [5.74, 6) is -0.426. The Kier molecular flexibility index (Phi) is 7.68. The van der Waals surface area contributed by atoms with E-state index in [1.165, 1.54) is 4.90 Å². The number of likely N-dealkylation sites (tertiary alicyclic amines) is 1. The molecular weight excluding hydrogens is 367 g/mol. The van der Waals surface area contributed by atoms with Crippen LogP contribution in [0, 0.1) is 0 Å². The van der Waals surface area contributed by atoms with E-state index in [0.29, 0.717) is 29.6 Å². The molecule has 0 atom stereocenters. The first kappa shape index (κ1) is 19.7. The number of hydrogen-bond acceptors (Lipinski definition) is 4. The molecule has 1 aromatic rings. The van der Waals surface area contributed by atoms with Gasteiger partial charge in [-0.25, -0.2) is 0 Å².